The molecule has 0 amide bonds. The molecular weight excluding hydrogens is 649 g/mol. The molecule has 0 saturated carbocycles. The van der Waals surface area contributed by atoms with E-state index in [0.29, 0.717) is 10.2 Å². The van der Waals surface area contributed by atoms with Crippen LogP contribution in [0, 0.1) is 0 Å². The van der Waals surface area contributed by atoms with Gasteiger partial charge in [-0.15, -0.1) is 0 Å². The third-order valence-corrected chi connectivity index (χ3v) is 8.70. The minimum absolute atomic E-state index is 0.0850. The lowest BCUT2D eigenvalue weighted by Crippen LogP contribution is -2.43. The van der Waals surface area contributed by atoms with Crippen LogP contribution in [0.25, 0.3) is 11.2 Å². The number of fused-ring (bicyclic) bond motifs is 1. The van der Waals surface area contributed by atoms with Gasteiger partial charge in [-0.05, 0) is 35.7 Å². The Labute approximate surface area is 255 Å². The van der Waals surface area contributed by atoms with Crippen molar-refractivity contribution < 1.29 is 19.7 Å². The highest BCUT2D eigenvalue weighted by Crippen LogP contribution is 2.42. The van der Waals surface area contributed by atoms with Gasteiger partial charge in [0.15, 0.2) is 17.4 Å². The predicted octanol–water partition coefficient (Wildman–Crippen LogP) is 3.98. The van der Waals surface area contributed by atoms with E-state index in [0.717, 1.165) is 16.7 Å². The number of alkyl halides is 1. The van der Waals surface area contributed by atoms with Crippen LogP contribution in [-0.2, 0) is 10.3 Å². The molecule has 5 aromatic rings. The van der Waals surface area contributed by atoms with E-state index >= 15 is 0 Å². The number of halogens is 1. The van der Waals surface area contributed by atoms with E-state index in [2.05, 4.69) is 37.9 Å². The van der Waals surface area contributed by atoms with E-state index in [1.165, 1.54) is 17.8 Å². The van der Waals surface area contributed by atoms with Crippen molar-refractivity contribution in [3.63, 3.8) is 0 Å². The number of methoxy groups -OCH3 is 1. The predicted molar refractivity (Wildman–Crippen MR) is 167 cm³/mol. The van der Waals surface area contributed by atoms with Crippen LogP contribution < -0.4 is 15.6 Å². The van der Waals surface area contributed by atoms with Crippen LogP contribution in [0.1, 0.15) is 29.8 Å². The maximum atomic E-state index is 13.4. The molecule has 4 N–H and O–H groups in total. The van der Waals surface area contributed by atoms with Gasteiger partial charge in [0.2, 0.25) is 5.95 Å². The largest absolute Gasteiger partial charge is 0.497 e. The summed E-state index contributed by atoms with van der Waals surface area (Å²) in [6.07, 6.45) is -1.32. The molecule has 0 radical (unpaired) electrons. The highest BCUT2D eigenvalue weighted by molar-refractivity contribution is 14.1. The average Bonchev–Trinajstić information content (AvgIpc) is 3.54. The molecule has 4 atom stereocenters. The van der Waals surface area contributed by atoms with Gasteiger partial charge in [0.25, 0.3) is 5.56 Å². The summed E-state index contributed by atoms with van der Waals surface area (Å²) in [5.41, 5.74) is -0.0925. The number of anilines is 1. The number of aliphatic hydroxyl groups is 2. The van der Waals surface area contributed by atoms with E-state index < -0.39 is 35.1 Å². The van der Waals surface area contributed by atoms with Crippen molar-refractivity contribution in [1.29, 1.82) is 0 Å². The van der Waals surface area contributed by atoms with E-state index in [1.807, 2.05) is 84.9 Å². The fraction of sp³-hybridized carbons (Fsp3) is 0.258. The van der Waals surface area contributed by atoms with Gasteiger partial charge in [-0.25, -0.2) is 4.98 Å². The Morgan fingerprint density at radius 1 is 1.05 bits per heavy atom. The zero-order valence-corrected chi connectivity index (χ0v) is 25.1. The van der Waals surface area contributed by atoms with Crippen molar-refractivity contribution in [1.82, 2.24) is 19.5 Å². The van der Waals surface area contributed by atoms with Gasteiger partial charge in [-0.1, -0.05) is 95.4 Å². The first-order chi connectivity index (χ1) is 20.3. The molecule has 216 valence electrons. The maximum absolute atomic E-state index is 13.4. The van der Waals surface area contributed by atoms with E-state index in [1.54, 1.807) is 7.11 Å². The lowest BCUT2D eigenvalue weighted by molar-refractivity contribution is -0.0934. The molecular formula is C31H30IN5O5. The van der Waals surface area contributed by atoms with Crippen LogP contribution in [0.5, 0.6) is 5.75 Å². The summed E-state index contributed by atoms with van der Waals surface area (Å²) in [5.74, 6) is 0.891. The van der Waals surface area contributed by atoms with Crippen molar-refractivity contribution in [3.8, 4) is 5.75 Å². The number of aromatic amines is 1. The van der Waals surface area contributed by atoms with Crippen molar-refractivity contribution in [2.24, 2.45) is 0 Å². The Balaban J connectivity index is 1.55. The minimum Gasteiger partial charge on any atom is -0.497 e. The number of ether oxygens (including phenoxy) is 2. The molecule has 6 rings (SSSR count). The quantitative estimate of drug-likeness (QED) is 0.110. The van der Waals surface area contributed by atoms with E-state index in [-0.39, 0.29) is 17.1 Å². The minimum atomic E-state index is -1.64. The number of imidazole rings is 1. The Kier molecular flexibility index (Phi) is 7.51. The van der Waals surface area contributed by atoms with Gasteiger partial charge >= 0.3 is 0 Å². The number of nitrogens with zero attached hydrogens (tertiary/aromatic N) is 3. The smallest absolute Gasteiger partial charge is 0.280 e. The molecule has 1 saturated heterocycles. The number of H-pyrrole nitrogens is 1. The summed E-state index contributed by atoms with van der Waals surface area (Å²) in [6, 6.07) is 27.5. The molecule has 0 aliphatic carbocycles. The third-order valence-electron chi connectivity index (χ3n) is 7.83. The van der Waals surface area contributed by atoms with Crippen LogP contribution >= 0.6 is 22.6 Å². The van der Waals surface area contributed by atoms with Crippen molar-refractivity contribution >= 4 is 39.7 Å². The number of benzene rings is 3. The number of rotatable bonds is 8. The second-order valence-electron chi connectivity index (χ2n) is 10.4. The Bertz CT molecular complexity index is 1700. The summed E-state index contributed by atoms with van der Waals surface area (Å²) in [6.45, 7) is 1.51. The molecule has 0 spiro atoms. The SMILES string of the molecule is COc1ccc(C(Nc2nc3c(ncn3[C@@H]3OC(CI)[C@@H](O)[C@@]3(C)O)c(=O)[nH]2)(c2ccccc2)c2ccccc2)cc1. The number of nitrogens with one attached hydrogen (secondary N) is 2. The molecule has 42 heavy (non-hydrogen) atoms. The van der Waals surface area contributed by atoms with Crippen LogP contribution in [-0.4, -0.2) is 59.1 Å². The van der Waals surface area contributed by atoms with Crippen LogP contribution in [0.3, 0.4) is 0 Å². The van der Waals surface area contributed by atoms with Gasteiger partial charge < -0.3 is 25.0 Å². The first kappa shape index (κ1) is 28.3. The van der Waals surface area contributed by atoms with Crippen molar-refractivity contribution in [3.05, 3.63) is 118 Å². The molecule has 1 unspecified atom stereocenters. The summed E-state index contributed by atoms with van der Waals surface area (Å²) in [4.78, 5) is 25.3. The fourth-order valence-corrected chi connectivity index (χ4v) is 6.33. The molecule has 3 aromatic carbocycles. The molecule has 10 nitrogen and oxygen atoms in total. The molecule has 1 fully saturated rings. The molecule has 0 bridgehead atoms. The van der Waals surface area contributed by atoms with E-state index in [4.69, 9.17) is 14.5 Å². The highest BCUT2D eigenvalue weighted by atomic mass is 127. The second-order valence-corrected chi connectivity index (χ2v) is 11.3. The molecule has 1 aliphatic heterocycles. The van der Waals surface area contributed by atoms with Gasteiger partial charge in [0.05, 0.1) is 19.5 Å². The first-order valence-corrected chi connectivity index (χ1v) is 14.9. The lowest BCUT2D eigenvalue weighted by atomic mass is 9.77. The number of aromatic nitrogens is 4. The Hall–Kier alpha value is -3.78. The summed E-state index contributed by atoms with van der Waals surface area (Å²) in [5, 5.41) is 25.5. The maximum Gasteiger partial charge on any atom is 0.280 e. The monoisotopic (exact) mass is 679 g/mol. The van der Waals surface area contributed by atoms with Crippen LogP contribution in [0.4, 0.5) is 5.95 Å². The number of hydrogen-bond acceptors (Lipinski definition) is 8. The Morgan fingerprint density at radius 2 is 1.64 bits per heavy atom. The molecule has 2 aromatic heterocycles. The second kappa shape index (κ2) is 11.1. The van der Waals surface area contributed by atoms with Crippen molar-refractivity contribution in [2.75, 3.05) is 16.9 Å². The Morgan fingerprint density at radius 3 is 2.19 bits per heavy atom. The standard InChI is InChI=1S/C31H30IN5O5/c1-30(40)25(38)23(17-32)42-28(30)37-18-33-24-26(37)34-29(35-27(24)39)36-31(19-9-5-3-6-10-19,20-11-7-4-8-12-20)21-13-15-22(41-2)16-14-21/h3-16,18,23,25,28,38,40H,17H2,1-2H3,(H2,34,35,36,39)/t23?,25-,28-,30-/m1/s1. The molecule has 1 aliphatic rings. The molecule has 3 heterocycles. The highest BCUT2D eigenvalue weighted by Gasteiger charge is 2.53. The normalized spacial score (nSPS) is 22.4. The van der Waals surface area contributed by atoms with Crippen LogP contribution in [0.15, 0.2) is 96.1 Å². The third kappa shape index (κ3) is 4.66. The zero-order valence-electron chi connectivity index (χ0n) is 22.9. The van der Waals surface area contributed by atoms with Crippen LogP contribution in [0.2, 0.25) is 0 Å². The first-order valence-electron chi connectivity index (χ1n) is 13.4. The van der Waals surface area contributed by atoms with Gasteiger partial charge in [0, 0.05) is 4.43 Å². The van der Waals surface area contributed by atoms with Gasteiger partial charge in [0.1, 0.15) is 23.0 Å². The summed E-state index contributed by atoms with van der Waals surface area (Å²) < 4.78 is 13.4. The fourth-order valence-electron chi connectivity index (χ4n) is 5.64. The van der Waals surface area contributed by atoms with E-state index in [9.17, 15) is 15.0 Å². The van der Waals surface area contributed by atoms with Gasteiger partial charge in [-0.3, -0.25) is 14.3 Å². The number of hydrogen-bond donors (Lipinski definition) is 4. The topological polar surface area (TPSA) is 135 Å². The zero-order chi connectivity index (χ0) is 29.5. The van der Waals surface area contributed by atoms with Crippen molar-refractivity contribution in [2.45, 2.75) is 36.5 Å². The summed E-state index contributed by atoms with van der Waals surface area (Å²) >= 11 is 2.10. The number of aliphatic hydroxyl groups excluding tert-OH is 1. The average molecular weight is 680 g/mol. The lowest BCUT2D eigenvalue weighted by Gasteiger charge is -2.37. The molecule has 11 heteroatoms. The summed E-state index contributed by atoms with van der Waals surface area (Å²) in [7, 11) is 1.62. The van der Waals surface area contributed by atoms with Gasteiger partial charge in [-0.2, -0.15) is 4.98 Å².